The largest absolute Gasteiger partial charge is 0.368 e. The molecule has 96 valence electrons. The molecule has 1 fully saturated rings. The normalized spacial score (nSPS) is 15.2. The van der Waals surface area contributed by atoms with Crippen LogP contribution < -0.4 is 0 Å². The van der Waals surface area contributed by atoms with E-state index in [1.54, 1.807) is 0 Å². The van der Waals surface area contributed by atoms with Gasteiger partial charge in [-0.05, 0) is 43.4 Å². The molecule has 0 radical (unpaired) electrons. The minimum absolute atomic E-state index is 0.287. The first kappa shape index (κ1) is 12.9. The molecule has 0 amide bonds. The molecule has 0 aromatic heterocycles. The van der Waals surface area contributed by atoms with E-state index < -0.39 is 0 Å². The monoisotopic (exact) mass is 243 g/mol. The topological polar surface area (TPSA) is 20.3 Å². The number of rotatable bonds is 4. The van der Waals surface area contributed by atoms with Gasteiger partial charge in [0.2, 0.25) is 0 Å². The van der Waals surface area contributed by atoms with Gasteiger partial charge in [-0.2, -0.15) is 0 Å². The average molecular weight is 243 g/mol. The number of hydrogen-bond acceptors (Lipinski definition) is 2. The number of nitrogens with zero attached hydrogens (tertiary/aromatic N) is 1. The SMILES string of the molecule is C=C1CCCN1CC(=O)Cc1c(C)cccc1C. The van der Waals surface area contributed by atoms with Crippen LogP contribution in [0.3, 0.4) is 0 Å². The van der Waals surface area contributed by atoms with Crippen molar-refractivity contribution in [1.82, 2.24) is 4.90 Å². The van der Waals surface area contributed by atoms with Crippen molar-refractivity contribution >= 4 is 5.78 Å². The molecule has 0 spiro atoms. The number of aryl methyl sites for hydroxylation is 2. The number of allylic oxidation sites excluding steroid dienone is 1. The van der Waals surface area contributed by atoms with E-state index in [0.29, 0.717) is 13.0 Å². The lowest BCUT2D eigenvalue weighted by Gasteiger charge is -2.18. The molecule has 2 rings (SSSR count). The minimum Gasteiger partial charge on any atom is -0.368 e. The van der Waals surface area contributed by atoms with E-state index in [0.717, 1.165) is 25.1 Å². The third kappa shape index (κ3) is 2.81. The van der Waals surface area contributed by atoms with Gasteiger partial charge >= 0.3 is 0 Å². The van der Waals surface area contributed by atoms with E-state index in [-0.39, 0.29) is 5.78 Å². The van der Waals surface area contributed by atoms with Crippen molar-refractivity contribution in [3.63, 3.8) is 0 Å². The molecule has 0 N–H and O–H groups in total. The Morgan fingerprint density at radius 1 is 1.33 bits per heavy atom. The van der Waals surface area contributed by atoms with Gasteiger partial charge in [-0.3, -0.25) is 4.79 Å². The second kappa shape index (κ2) is 5.38. The standard InChI is InChI=1S/C16H21NO/c1-12-6-4-7-13(2)16(12)10-15(18)11-17-9-5-8-14(17)3/h4,6-7H,3,5,8-11H2,1-2H3. The molecule has 2 nitrogen and oxygen atoms in total. The van der Waals surface area contributed by atoms with Gasteiger partial charge in [0, 0.05) is 18.7 Å². The number of carbonyl (C=O) groups excluding carboxylic acids is 1. The Hall–Kier alpha value is -1.57. The molecule has 2 heteroatoms. The zero-order valence-electron chi connectivity index (χ0n) is 11.3. The van der Waals surface area contributed by atoms with Crippen molar-refractivity contribution in [2.45, 2.75) is 33.1 Å². The van der Waals surface area contributed by atoms with Crippen LogP contribution in [0.1, 0.15) is 29.5 Å². The average Bonchev–Trinajstić information content (AvgIpc) is 2.70. The summed E-state index contributed by atoms with van der Waals surface area (Å²) < 4.78 is 0. The van der Waals surface area contributed by atoms with E-state index >= 15 is 0 Å². The van der Waals surface area contributed by atoms with Crippen molar-refractivity contribution in [2.24, 2.45) is 0 Å². The van der Waals surface area contributed by atoms with Crippen LogP contribution in [0.5, 0.6) is 0 Å². The molecule has 1 aromatic carbocycles. The van der Waals surface area contributed by atoms with Crippen LogP contribution in [0.15, 0.2) is 30.5 Å². The molecular formula is C16H21NO. The van der Waals surface area contributed by atoms with Crippen molar-refractivity contribution in [3.8, 4) is 0 Å². The highest BCUT2D eigenvalue weighted by molar-refractivity contribution is 5.83. The number of likely N-dealkylation sites (tertiary alicyclic amines) is 1. The molecule has 0 saturated carbocycles. The summed E-state index contributed by atoms with van der Waals surface area (Å²) in [5.74, 6) is 0.287. The first-order valence-corrected chi connectivity index (χ1v) is 6.57. The third-order valence-corrected chi connectivity index (χ3v) is 3.73. The summed E-state index contributed by atoms with van der Waals surface area (Å²) in [5.41, 5.74) is 4.73. The molecular weight excluding hydrogens is 222 g/mol. The third-order valence-electron chi connectivity index (χ3n) is 3.73. The predicted molar refractivity (Wildman–Crippen MR) is 74.6 cm³/mol. The maximum Gasteiger partial charge on any atom is 0.156 e. The van der Waals surface area contributed by atoms with E-state index in [2.05, 4.69) is 37.5 Å². The lowest BCUT2D eigenvalue weighted by atomic mass is 9.98. The molecule has 0 aliphatic carbocycles. The quantitative estimate of drug-likeness (QED) is 0.810. The van der Waals surface area contributed by atoms with Crippen LogP contribution in [-0.4, -0.2) is 23.8 Å². The van der Waals surface area contributed by atoms with Crippen LogP contribution in [0.25, 0.3) is 0 Å². The van der Waals surface area contributed by atoms with Gasteiger partial charge in [0.05, 0.1) is 6.54 Å². The van der Waals surface area contributed by atoms with Crippen molar-refractivity contribution in [3.05, 3.63) is 47.2 Å². The van der Waals surface area contributed by atoms with E-state index in [9.17, 15) is 4.79 Å². The maximum absolute atomic E-state index is 12.1. The van der Waals surface area contributed by atoms with E-state index in [1.807, 2.05) is 6.07 Å². The number of ketones is 1. The van der Waals surface area contributed by atoms with Crippen LogP contribution in [0.2, 0.25) is 0 Å². The summed E-state index contributed by atoms with van der Waals surface area (Å²) in [6, 6.07) is 6.19. The molecule has 1 saturated heterocycles. The smallest absolute Gasteiger partial charge is 0.156 e. The van der Waals surface area contributed by atoms with E-state index in [1.165, 1.54) is 16.7 Å². The maximum atomic E-state index is 12.1. The van der Waals surface area contributed by atoms with Crippen LogP contribution in [0.4, 0.5) is 0 Å². The molecule has 0 atom stereocenters. The Kier molecular flexibility index (Phi) is 3.85. The number of benzene rings is 1. The lowest BCUT2D eigenvalue weighted by Crippen LogP contribution is -2.26. The molecule has 0 bridgehead atoms. The summed E-state index contributed by atoms with van der Waals surface area (Å²) in [4.78, 5) is 14.3. The highest BCUT2D eigenvalue weighted by Crippen LogP contribution is 2.19. The Labute approximate surface area is 109 Å². The van der Waals surface area contributed by atoms with Crippen molar-refractivity contribution in [2.75, 3.05) is 13.1 Å². The zero-order valence-corrected chi connectivity index (χ0v) is 11.3. The zero-order chi connectivity index (χ0) is 13.1. The second-order valence-electron chi connectivity index (χ2n) is 5.18. The summed E-state index contributed by atoms with van der Waals surface area (Å²) in [6.07, 6.45) is 2.72. The van der Waals surface area contributed by atoms with Gasteiger partial charge in [-0.25, -0.2) is 0 Å². The molecule has 1 aliphatic heterocycles. The molecule has 0 unspecified atom stereocenters. The van der Waals surface area contributed by atoms with Crippen LogP contribution >= 0.6 is 0 Å². The Morgan fingerprint density at radius 2 is 2.00 bits per heavy atom. The summed E-state index contributed by atoms with van der Waals surface area (Å²) in [6.45, 7) is 9.66. The summed E-state index contributed by atoms with van der Waals surface area (Å²) >= 11 is 0. The fraction of sp³-hybridized carbons (Fsp3) is 0.438. The molecule has 1 heterocycles. The predicted octanol–water partition coefficient (Wildman–Crippen LogP) is 3.02. The first-order chi connectivity index (χ1) is 8.58. The minimum atomic E-state index is 0.287. The highest BCUT2D eigenvalue weighted by atomic mass is 16.1. The van der Waals surface area contributed by atoms with E-state index in [4.69, 9.17) is 0 Å². The number of carbonyl (C=O) groups is 1. The Morgan fingerprint density at radius 3 is 2.56 bits per heavy atom. The second-order valence-corrected chi connectivity index (χ2v) is 5.18. The van der Waals surface area contributed by atoms with Gasteiger partial charge in [0.15, 0.2) is 5.78 Å². The highest BCUT2D eigenvalue weighted by Gasteiger charge is 2.18. The lowest BCUT2D eigenvalue weighted by molar-refractivity contribution is -0.119. The fourth-order valence-corrected chi connectivity index (χ4v) is 2.57. The number of Topliss-reactive ketones (excluding diaryl/α,β-unsaturated/α-hetero) is 1. The Bertz CT molecular complexity index is 456. The van der Waals surface area contributed by atoms with Crippen molar-refractivity contribution < 1.29 is 4.79 Å². The first-order valence-electron chi connectivity index (χ1n) is 6.57. The van der Waals surface area contributed by atoms with Crippen LogP contribution in [-0.2, 0) is 11.2 Å². The van der Waals surface area contributed by atoms with Gasteiger partial charge < -0.3 is 4.90 Å². The number of hydrogen-bond donors (Lipinski definition) is 0. The fourth-order valence-electron chi connectivity index (χ4n) is 2.57. The van der Waals surface area contributed by atoms with Gasteiger partial charge in [0.25, 0.3) is 0 Å². The van der Waals surface area contributed by atoms with Crippen molar-refractivity contribution in [1.29, 1.82) is 0 Å². The van der Waals surface area contributed by atoms with Gasteiger partial charge in [-0.15, -0.1) is 0 Å². The van der Waals surface area contributed by atoms with Crippen LogP contribution in [0, 0.1) is 13.8 Å². The van der Waals surface area contributed by atoms with Gasteiger partial charge in [0.1, 0.15) is 0 Å². The van der Waals surface area contributed by atoms with Gasteiger partial charge in [-0.1, -0.05) is 24.8 Å². The Balaban J connectivity index is 2.01. The summed E-state index contributed by atoms with van der Waals surface area (Å²) in [5, 5.41) is 0. The molecule has 1 aliphatic rings. The summed E-state index contributed by atoms with van der Waals surface area (Å²) in [7, 11) is 0. The molecule has 18 heavy (non-hydrogen) atoms. The molecule has 1 aromatic rings.